The minimum Gasteiger partial charge on any atom is -0.493 e. The van der Waals surface area contributed by atoms with Gasteiger partial charge in [-0.15, -0.1) is 11.3 Å². The lowest BCUT2D eigenvalue weighted by Crippen LogP contribution is -2.31. The quantitative estimate of drug-likeness (QED) is 0.394. The largest absolute Gasteiger partial charge is 0.493 e. The first-order valence-corrected chi connectivity index (χ1v) is 11.8. The summed E-state index contributed by atoms with van der Waals surface area (Å²) >= 11 is 1.34. The van der Waals surface area contributed by atoms with E-state index in [1.165, 1.54) is 11.3 Å². The molecule has 0 aliphatic carbocycles. The zero-order chi connectivity index (χ0) is 25.2. The van der Waals surface area contributed by atoms with Crippen molar-refractivity contribution in [2.24, 2.45) is 0 Å². The molecule has 3 rings (SSSR count). The van der Waals surface area contributed by atoms with E-state index in [1.807, 2.05) is 6.07 Å². The van der Waals surface area contributed by atoms with Gasteiger partial charge in [0.1, 0.15) is 0 Å². The highest BCUT2D eigenvalue weighted by atomic mass is 32.1. The zero-order valence-electron chi connectivity index (χ0n) is 19.8. The first-order chi connectivity index (χ1) is 16.9. The number of esters is 1. The van der Waals surface area contributed by atoms with Gasteiger partial charge in [0.15, 0.2) is 16.6 Å². The molecule has 1 N–H and O–H groups in total. The van der Waals surface area contributed by atoms with Gasteiger partial charge in [-0.3, -0.25) is 14.5 Å². The van der Waals surface area contributed by atoms with Gasteiger partial charge in [0, 0.05) is 30.1 Å². The molecule has 0 radical (unpaired) electrons. The van der Waals surface area contributed by atoms with Gasteiger partial charge in [0.05, 0.1) is 32.9 Å². The van der Waals surface area contributed by atoms with E-state index >= 15 is 0 Å². The van der Waals surface area contributed by atoms with Crippen LogP contribution < -0.4 is 19.7 Å². The molecular formula is C25H27N3O6S. The number of anilines is 2. The normalized spacial score (nSPS) is 10.4. The summed E-state index contributed by atoms with van der Waals surface area (Å²) in [6, 6.07) is 11.8. The fraction of sp³-hybridized carbons (Fsp3) is 0.280. The first kappa shape index (κ1) is 25.7. The Bertz CT molecular complexity index is 1150. The molecular weight excluding hydrogens is 470 g/mol. The van der Waals surface area contributed by atoms with Crippen LogP contribution in [0.3, 0.4) is 0 Å². The van der Waals surface area contributed by atoms with E-state index in [-0.39, 0.29) is 37.8 Å². The highest BCUT2D eigenvalue weighted by Crippen LogP contribution is 2.29. The van der Waals surface area contributed by atoms with E-state index < -0.39 is 5.97 Å². The lowest BCUT2D eigenvalue weighted by atomic mass is 10.1. The van der Waals surface area contributed by atoms with E-state index in [1.54, 1.807) is 74.0 Å². The molecule has 0 aliphatic heterocycles. The summed E-state index contributed by atoms with van der Waals surface area (Å²) in [5.41, 5.74) is 1.75. The number of amides is 2. The molecule has 35 heavy (non-hydrogen) atoms. The van der Waals surface area contributed by atoms with Crippen molar-refractivity contribution < 1.29 is 28.6 Å². The monoisotopic (exact) mass is 497 g/mol. The fourth-order valence-corrected chi connectivity index (χ4v) is 3.92. The molecule has 0 spiro atoms. The third kappa shape index (κ3) is 7.03. The van der Waals surface area contributed by atoms with Crippen LogP contribution in [-0.2, 0) is 20.9 Å². The van der Waals surface area contributed by atoms with Crippen molar-refractivity contribution >= 4 is 39.9 Å². The number of ether oxygens (including phenoxy) is 3. The summed E-state index contributed by atoms with van der Waals surface area (Å²) in [7, 11) is 3.11. The van der Waals surface area contributed by atoms with Crippen LogP contribution >= 0.6 is 11.3 Å². The summed E-state index contributed by atoms with van der Waals surface area (Å²) in [6.07, 6.45) is 1.62. The fourth-order valence-electron chi connectivity index (χ4n) is 3.26. The topological polar surface area (TPSA) is 107 Å². The molecule has 0 fully saturated rings. The van der Waals surface area contributed by atoms with Gasteiger partial charge >= 0.3 is 5.97 Å². The predicted molar refractivity (Wildman–Crippen MR) is 133 cm³/mol. The minimum atomic E-state index is -0.423. The number of rotatable bonds is 11. The average molecular weight is 498 g/mol. The van der Waals surface area contributed by atoms with Gasteiger partial charge in [0.25, 0.3) is 0 Å². The van der Waals surface area contributed by atoms with Crippen molar-refractivity contribution in [1.82, 2.24) is 4.98 Å². The molecule has 1 aromatic heterocycles. The first-order valence-electron chi connectivity index (χ1n) is 10.9. The lowest BCUT2D eigenvalue weighted by molar-refractivity contribution is -0.122. The van der Waals surface area contributed by atoms with Crippen LogP contribution in [0, 0.1) is 0 Å². The molecule has 2 aromatic carbocycles. The lowest BCUT2D eigenvalue weighted by Gasteiger charge is -2.21. The molecule has 0 unspecified atom stereocenters. The molecule has 1 heterocycles. The molecule has 10 heteroatoms. The third-order valence-corrected chi connectivity index (χ3v) is 5.78. The zero-order valence-corrected chi connectivity index (χ0v) is 20.6. The second-order valence-corrected chi connectivity index (χ2v) is 8.20. The Morgan fingerprint density at radius 2 is 1.74 bits per heavy atom. The second kappa shape index (κ2) is 12.5. The van der Waals surface area contributed by atoms with Crippen molar-refractivity contribution in [2.75, 3.05) is 31.0 Å². The molecule has 9 nitrogen and oxygen atoms in total. The Morgan fingerprint density at radius 1 is 1.00 bits per heavy atom. The summed E-state index contributed by atoms with van der Waals surface area (Å²) < 4.78 is 15.6. The smallest absolute Gasteiger partial charge is 0.338 e. The number of carbonyl (C=O) groups excluding carboxylic acids is 3. The average Bonchev–Trinajstić information content (AvgIpc) is 3.41. The van der Waals surface area contributed by atoms with Crippen LogP contribution in [0.25, 0.3) is 0 Å². The van der Waals surface area contributed by atoms with Gasteiger partial charge in [-0.1, -0.05) is 6.07 Å². The SMILES string of the molecule is CCOC(=O)c1ccc(NC(=O)CCC(=O)N(Cc2ccc(OC)c(OC)c2)c2nccs2)cc1. The van der Waals surface area contributed by atoms with Crippen molar-refractivity contribution in [1.29, 1.82) is 0 Å². The van der Waals surface area contributed by atoms with Crippen LogP contribution in [0.15, 0.2) is 54.0 Å². The Morgan fingerprint density at radius 3 is 2.37 bits per heavy atom. The van der Waals surface area contributed by atoms with Gasteiger partial charge < -0.3 is 19.5 Å². The second-order valence-electron chi connectivity index (χ2n) is 7.33. The standard InChI is InChI=1S/C25H27N3O6S/c1-4-34-24(31)18-6-8-19(9-7-18)27-22(29)11-12-23(30)28(25-26-13-14-35-25)16-17-5-10-20(32-2)21(15-17)33-3/h5-10,13-15H,4,11-12,16H2,1-3H3,(H,27,29). The summed E-state index contributed by atoms with van der Waals surface area (Å²) in [4.78, 5) is 43.1. The molecule has 0 atom stereocenters. The number of thiazole rings is 1. The Labute approximate surface area is 207 Å². The van der Waals surface area contributed by atoms with E-state index in [2.05, 4.69) is 10.3 Å². The molecule has 3 aromatic rings. The van der Waals surface area contributed by atoms with Crippen LogP contribution in [0.5, 0.6) is 11.5 Å². The van der Waals surface area contributed by atoms with Crippen molar-refractivity contribution in [2.45, 2.75) is 26.3 Å². The number of nitrogens with one attached hydrogen (secondary N) is 1. The number of aromatic nitrogens is 1. The van der Waals surface area contributed by atoms with E-state index in [0.29, 0.717) is 27.9 Å². The maximum absolute atomic E-state index is 13.1. The number of hydrogen-bond acceptors (Lipinski definition) is 8. The van der Waals surface area contributed by atoms with Crippen LogP contribution in [0.2, 0.25) is 0 Å². The van der Waals surface area contributed by atoms with Gasteiger partial charge in [-0.05, 0) is 48.9 Å². The van der Waals surface area contributed by atoms with E-state index in [9.17, 15) is 14.4 Å². The number of benzene rings is 2. The maximum Gasteiger partial charge on any atom is 0.338 e. The van der Waals surface area contributed by atoms with Crippen molar-refractivity contribution in [3.63, 3.8) is 0 Å². The van der Waals surface area contributed by atoms with E-state index in [0.717, 1.165) is 5.56 Å². The number of hydrogen-bond donors (Lipinski definition) is 1. The van der Waals surface area contributed by atoms with Gasteiger partial charge in [-0.2, -0.15) is 0 Å². The summed E-state index contributed by atoms with van der Waals surface area (Å²) in [6.45, 7) is 2.29. The van der Waals surface area contributed by atoms with Crippen molar-refractivity contribution in [3.8, 4) is 11.5 Å². The van der Waals surface area contributed by atoms with Crippen molar-refractivity contribution in [3.05, 3.63) is 65.2 Å². The Kier molecular flexibility index (Phi) is 9.19. The summed E-state index contributed by atoms with van der Waals surface area (Å²) in [5.74, 6) is 0.183. The summed E-state index contributed by atoms with van der Waals surface area (Å²) in [5, 5.41) is 5.07. The maximum atomic E-state index is 13.1. The minimum absolute atomic E-state index is 0.000384. The molecule has 2 amide bonds. The molecule has 184 valence electrons. The number of nitrogens with zero attached hydrogens (tertiary/aromatic N) is 2. The Balaban J connectivity index is 1.62. The molecule has 0 aliphatic rings. The number of methoxy groups -OCH3 is 2. The van der Waals surface area contributed by atoms with Crippen LogP contribution in [0.4, 0.5) is 10.8 Å². The molecule has 0 saturated heterocycles. The highest BCUT2D eigenvalue weighted by Gasteiger charge is 2.20. The third-order valence-electron chi connectivity index (χ3n) is 4.99. The molecule has 0 saturated carbocycles. The number of carbonyl (C=O) groups is 3. The molecule has 0 bridgehead atoms. The Hall–Kier alpha value is -3.92. The van der Waals surface area contributed by atoms with Gasteiger partial charge in [-0.25, -0.2) is 9.78 Å². The highest BCUT2D eigenvalue weighted by molar-refractivity contribution is 7.13. The van der Waals surface area contributed by atoms with Gasteiger partial charge in [0.2, 0.25) is 11.8 Å². The van der Waals surface area contributed by atoms with Crippen LogP contribution in [0.1, 0.15) is 35.7 Å². The predicted octanol–water partition coefficient (Wildman–Crippen LogP) is 4.29. The van der Waals surface area contributed by atoms with Crippen LogP contribution in [-0.4, -0.2) is 43.6 Å². The van der Waals surface area contributed by atoms with E-state index in [4.69, 9.17) is 14.2 Å².